The summed E-state index contributed by atoms with van der Waals surface area (Å²) in [6, 6.07) is 0. The SMILES string of the molecule is CCCCCCCCCCCCCCCCCCCCCCCC(=O)OC[C@H](COP(=O)(O)OC[C@@H](O)COP(=O)(O)OC[C@@H](COC(=O)CCCCCCC)OC(=O)CCCCCCCCCCCCCC)OC(=O)CCCCCCCCCCCCCCCCCCCCC(C)CC. The number of aliphatic hydroxyl groups excluding tert-OH is 1. The van der Waals surface area contributed by atoms with Crippen LogP contribution in [-0.4, -0.2) is 96.7 Å². The number of aliphatic hydroxyl groups is 1. The Morgan fingerprint density at radius 2 is 0.480 bits per heavy atom. The average molecular weight is 1470 g/mol. The molecule has 100 heavy (non-hydrogen) atoms. The molecule has 0 saturated heterocycles. The first-order valence-corrected chi connectivity index (χ1v) is 45.2. The van der Waals surface area contributed by atoms with Gasteiger partial charge >= 0.3 is 39.5 Å². The summed E-state index contributed by atoms with van der Waals surface area (Å²) in [6.07, 6.45) is 65.8. The zero-order chi connectivity index (χ0) is 73.4. The Balaban J connectivity index is 5.09. The molecule has 0 rings (SSSR count). The van der Waals surface area contributed by atoms with Crippen LogP contribution in [0.25, 0.3) is 0 Å². The number of hydrogen-bond donors (Lipinski definition) is 3. The van der Waals surface area contributed by atoms with E-state index in [4.69, 9.17) is 37.0 Å². The van der Waals surface area contributed by atoms with Crippen LogP contribution in [-0.2, 0) is 65.4 Å². The molecule has 6 atom stereocenters. The van der Waals surface area contributed by atoms with E-state index in [1.165, 1.54) is 250 Å². The van der Waals surface area contributed by atoms with Gasteiger partial charge < -0.3 is 33.8 Å². The van der Waals surface area contributed by atoms with E-state index in [2.05, 4.69) is 34.6 Å². The summed E-state index contributed by atoms with van der Waals surface area (Å²) < 4.78 is 68.4. The molecule has 0 bridgehead atoms. The second-order valence-corrected chi connectivity index (χ2v) is 32.3. The maximum absolute atomic E-state index is 13.1. The van der Waals surface area contributed by atoms with E-state index in [0.717, 1.165) is 102 Å². The maximum atomic E-state index is 13.1. The molecule has 19 heteroatoms. The van der Waals surface area contributed by atoms with Gasteiger partial charge in [0.05, 0.1) is 26.4 Å². The van der Waals surface area contributed by atoms with Gasteiger partial charge in [-0.3, -0.25) is 37.3 Å². The molecule has 0 saturated carbocycles. The molecule has 0 aliphatic carbocycles. The Labute approximate surface area is 613 Å². The van der Waals surface area contributed by atoms with E-state index in [1.54, 1.807) is 0 Å². The fraction of sp³-hybridized carbons (Fsp3) is 0.951. The van der Waals surface area contributed by atoms with Crippen molar-refractivity contribution in [2.75, 3.05) is 39.6 Å². The van der Waals surface area contributed by atoms with E-state index >= 15 is 0 Å². The van der Waals surface area contributed by atoms with Gasteiger partial charge in [0.15, 0.2) is 12.2 Å². The number of carbonyl (C=O) groups is 4. The Kier molecular flexibility index (Phi) is 72.5. The van der Waals surface area contributed by atoms with Crippen molar-refractivity contribution < 1.29 is 80.2 Å². The fourth-order valence-corrected chi connectivity index (χ4v) is 14.1. The van der Waals surface area contributed by atoms with Crippen molar-refractivity contribution in [1.29, 1.82) is 0 Å². The topological polar surface area (TPSA) is 237 Å². The van der Waals surface area contributed by atoms with Gasteiger partial charge in [0.25, 0.3) is 0 Å². The highest BCUT2D eigenvalue weighted by Crippen LogP contribution is 2.45. The van der Waals surface area contributed by atoms with Crippen LogP contribution in [0.4, 0.5) is 0 Å². The highest BCUT2D eigenvalue weighted by atomic mass is 31.2. The van der Waals surface area contributed by atoms with Gasteiger partial charge in [-0.2, -0.15) is 0 Å². The number of phosphoric ester groups is 2. The molecular formula is C81H158O17P2. The van der Waals surface area contributed by atoms with Crippen molar-refractivity contribution in [1.82, 2.24) is 0 Å². The van der Waals surface area contributed by atoms with Crippen molar-refractivity contribution in [2.24, 2.45) is 5.92 Å². The molecule has 0 amide bonds. The number of phosphoric acid groups is 2. The zero-order valence-electron chi connectivity index (χ0n) is 65.3. The summed E-state index contributed by atoms with van der Waals surface area (Å²) in [4.78, 5) is 72.6. The molecule has 0 heterocycles. The molecule has 0 spiro atoms. The van der Waals surface area contributed by atoms with Crippen LogP contribution in [0.15, 0.2) is 0 Å². The normalized spacial score (nSPS) is 14.1. The van der Waals surface area contributed by atoms with Gasteiger partial charge in [-0.25, -0.2) is 9.13 Å². The van der Waals surface area contributed by atoms with Crippen molar-refractivity contribution in [2.45, 2.75) is 451 Å². The van der Waals surface area contributed by atoms with Crippen LogP contribution in [0.1, 0.15) is 433 Å². The van der Waals surface area contributed by atoms with Crippen LogP contribution in [0.5, 0.6) is 0 Å². The summed E-state index contributed by atoms with van der Waals surface area (Å²) in [5.41, 5.74) is 0. The molecule has 0 fully saturated rings. The first-order valence-electron chi connectivity index (χ1n) is 42.2. The molecular weight excluding hydrogens is 1310 g/mol. The largest absolute Gasteiger partial charge is 0.472 e. The first-order chi connectivity index (χ1) is 48.6. The van der Waals surface area contributed by atoms with Crippen LogP contribution >= 0.6 is 15.6 Å². The summed E-state index contributed by atoms with van der Waals surface area (Å²) in [6.45, 7) is 7.30. The van der Waals surface area contributed by atoms with E-state index in [1.807, 2.05) is 0 Å². The van der Waals surface area contributed by atoms with Gasteiger partial charge in [-0.1, -0.05) is 381 Å². The van der Waals surface area contributed by atoms with Crippen LogP contribution in [0.3, 0.4) is 0 Å². The second-order valence-electron chi connectivity index (χ2n) is 29.4. The van der Waals surface area contributed by atoms with Gasteiger partial charge in [-0.05, 0) is 31.6 Å². The molecule has 0 aliphatic rings. The third-order valence-electron chi connectivity index (χ3n) is 19.4. The van der Waals surface area contributed by atoms with Crippen molar-refractivity contribution in [3.05, 3.63) is 0 Å². The second kappa shape index (κ2) is 73.9. The highest BCUT2D eigenvalue weighted by molar-refractivity contribution is 7.47. The van der Waals surface area contributed by atoms with E-state index < -0.39 is 97.5 Å². The quantitative estimate of drug-likeness (QED) is 0.0222. The minimum Gasteiger partial charge on any atom is -0.462 e. The molecule has 0 aromatic carbocycles. The average Bonchev–Trinajstić information content (AvgIpc) is 0.936. The van der Waals surface area contributed by atoms with E-state index in [0.29, 0.717) is 25.7 Å². The number of unbranched alkanes of at least 4 members (excludes halogenated alkanes) is 52. The smallest absolute Gasteiger partial charge is 0.462 e. The van der Waals surface area contributed by atoms with Crippen LogP contribution in [0, 0.1) is 5.92 Å². The predicted octanol–water partition coefficient (Wildman–Crippen LogP) is 24.4. The summed E-state index contributed by atoms with van der Waals surface area (Å²) in [7, 11) is -9.90. The fourth-order valence-electron chi connectivity index (χ4n) is 12.6. The molecule has 0 radical (unpaired) electrons. The number of carbonyl (C=O) groups excluding carboxylic acids is 4. The molecule has 17 nitrogen and oxygen atoms in total. The monoisotopic (exact) mass is 1470 g/mol. The Hall–Kier alpha value is -1.94. The van der Waals surface area contributed by atoms with Crippen molar-refractivity contribution in [3.8, 4) is 0 Å². The number of rotatable bonds is 81. The summed E-state index contributed by atoms with van der Waals surface area (Å²) in [5.74, 6) is -1.25. The van der Waals surface area contributed by atoms with Crippen LogP contribution < -0.4 is 0 Å². The lowest BCUT2D eigenvalue weighted by Crippen LogP contribution is -2.30. The molecule has 0 aromatic rings. The molecule has 594 valence electrons. The first kappa shape index (κ1) is 98.1. The van der Waals surface area contributed by atoms with Crippen molar-refractivity contribution >= 4 is 39.5 Å². The molecule has 0 aromatic heterocycles. The standard InChI is InChI=1S/C81H158O17P2/c1-6-10-13-16-18-20-22-24-25-26-27-28-29-33-36-39-43-46-50-55-60-65-79(84)92-71-77(98-81(86)67-62-57-52-48-44-40-37-34-31-30-32-35-38-41-45-49-54-58-63-74(5)9-4)73-96-100(89,90)94-69-75(82)68-93-99(87,88)95-72-76(70-91-78(83)64-59-53-15-12-8-3)97-80(85)66-61-56-51-47-42-23-21-19-17-14-11-7-2/h74-77,82H,6-73H2,1-5H3,(H,87,88)(H,89,90)/t74?,75-,76+,77+/m0/s1. The van der Waals surface area contributed by atoms with Crippen LogP contribution in [0.2, 0.25) is 0 Å². The lowest BCUT2D eigenvalue weighted by molar-refractivity contribution is -0.161. The predicted molar refractivity (Wildman–Crippen MR) is 409 cm³/mol. The van der Waals surface area contributed by atoms with Gasteiger partial charge in [0.1, 0.15) is 19.3 Å². The van der Waals surface area contributed by atoms with E-state index in [-0.39, 0.29) is 25.7 Å². The Morgan fingerprint density at radius 3 is 0.710 bits per heavy atom. The minimum atomic E-state index is -4.96. The number of ether oxygens (including phenoxy) is 4. The molecule has 3 N–H and O–H groups in total. The third-order valence-corrected chi connectivity index (χ3v) is 21.3. The summed E-state index contributed by atoms with van der Waals surface area (Å²) in [5, 5.41) is 10.6. The minimum absolute atomic E-state index is 0.107. The Bertz CT molecular complexity index is 1910. The molecule has 3 unspecified atom stereocenters. The lowest BCUT2D eigenvalue weighted by Gasteiger charge is -2.21. The van der Waals surface area contributed by atoms with Gasteiger partial charge in [-0.15, -0.1) is 0 Å². The number of hydrogen-bond acceptors (Lipinski definition) is 15. The zero-order valence-corrected chi connectivity index (χ0v) is 67.1. The van der Waals surface area contributed by atoms with Gasteiger partial charge in [0, 0.05) is 25.7 Å². The Morgan fingerprint density at radius 1 is 0.280 bits per heavy atom. The summed E-state index contributed by atoms with van der Waals surface area (Å²) >= 11 is 0. The lowest BCUT2D eigenvalue weighted by atomic mass is 9.99. The highest BCUT2D eigenvalue weighted by Gasteiger charge is 2.30. The maximum Gasteiger partial charge on any atom is 0.472 e. The molecule has 0 aliphatic heterocycles. The number of esters is 4. The van der Waals surface area contributed by atoms with Gasteiger partial charge in [0.2, 0.25) is 0 Å². The van der Waals surface area contributed by atoms with E-state index in [9.17, 15) is 43.2 Å². The third kappa shape index (κ3) is 73.0. The van der Waals surface area contributed by atoms with Crippen molar-refractivity contribution in [3.63, 3.8) is 0 Å².